The number of Topliss-reactive ketones (excluding diaryl/α,β-unsaturated/α-hetero) is 1. The Kier molecular flexibility index (Phi) is 6.04. The second-order valence-electron chi connectivity index (χ2n) is 8.06. The number of likely N-dealkylation sites (tertiary alicyclic amines) is 1. The molecule has 4 rings (SSSR count). The number of alkyl halides is 3. The van der Waals surface area contributed by atoms with Crippen molar-refractivity contribution in [2.45, 2.75) is 31.9 Å². The Morgan fingerprint density at radius 2 is 1.94 bits per heavy atom. The summed E-state index contributed by atoms with van der Waals surface area (Å²) in [6, 6.07) is 5.81. The van der Waals surface area contributed by atoms with E-state index in [2.05, 4.69) is 15.1 Å². The number of ketones is 1. The van der Waals surface area contributed by atoms with Crippen LogP contribution in [0.3, 0.4) is 0 Å². The van der Waals surface area contributed by atoms with Gasteiger partial charge in [-0.25, -0.2) is 0 Å². The maximum atomic E-state index is 12.8. The largest absolute Gasteiger partial charge is 0.390 e. The molecule has 3 aromatic rings. The van der Waals surface area contributed by atoms with Gasteiger partial charge in [0, 0.05) is 55.0 Å². The first-order chi connectivity index (χ1) is 14.8. The maximum absolute atomic E-state index is 12.8. The molecule has 0 atom stereocenters. The van der Waals surface area contributed by atoms with Gasteiger partial charge in [-0.1, -0.05) is 0 Å². The van der Waals surface area contributed by atoms with Gasteiger partial charge in [-0.2, -0.15) is 18.3 Å². The molecule has 0 N–H and O–H groups in total. The summed E-state index contributed by atoms with van der Waals surface area (Å²) in [5, 5.41) is 5.08. The smallest absolute Gasteiger partial charge is 0.303 e. The Balaban J connectivity index is 1.39. The van der Waals surface area contributed by atoms with Crippen molar-refractivity contribution < 1.29 is 18.0 Å². The molecule has 0 amide bonds. The van der Waals surface area contributed by atoms with E-state index in [1.807, 2.05) is 25.2 Å². The minimum atomic E-state index is -4.14. The number of piperidine rings is 1. The summed E-state index contributed by atoms with van der Waals surface area (Å²) in [7, 11) is 1.87. The lowest BCUT2D eigenvalue weighted by Crippen LogP contribution is -2.38. The fourth-order valence-electron chi connectivity index (χ4n) is 4.06. The highest BCUT2D eigenvalue weighted by Gasteiger charge is 2.30. The van der Waals surface area contributed by atoms with E-state index in [1.54, 1.807) is 28.2 Å². The van der Waals surface area contributed by atoms with Crippen LogP contribution in [0.4, 0.5) is 13.2 Å². The first-order valence-corrected chi connectivity index (χ1v) is 10.3. The molecule has 0 bridgehead atoms. The van der Waals surface area contributed by atoms with E-state index in [9.17, 15) is 18.0 Å². The second kappa shape index (κ2) is 8.74. The summed E-state index contributed by atoms with van der Waals surface area (Å²) in [6.45, 7) is 1.05. The molecule has 1 fully saturated rings. The number of carbonyl (C=O) groups is 1. The Hall–Kier alpha value is -2.81. The number of aromatic nitrogens is 4. The number of aryl methyl sites for hydroxylation is 1. The van der Waals surface area contributed by atoms with Gasteiger partial charge in [0.05, 0.1) is 23.8 Å². The van der Waals surface area contributed by atoms with Gasteiger partial charge in [-0.05, 0) is 44.1 Å². The van der Waals surface area contributed by atoms with Gasteiger partial charge in [-0.3, -0.25) is 19.4 Å². The lowest BCUT2D eigenvalue weighted by Gasteiger charge is -2.31. The van der Waals surface area contributed by atoms with Gasteiger partial charge >= 0.3 is 6.18 Å². The minimum absolute atomic E-state index is 0.00262. The SMILES string of the molecule is Cn1nccc1-c1cnc2cnc(CC(=O)C3CCN(CCC(F)(F)F)CC3)cc2c1. The number of rotatable bonds is 6. The Bertz CT molecular complexity index is 1070. The zero-order valence-corrected chi connectivity index (χ0v) is 17.3. The molecule has 0 aromatic carbocycles. The highest BCUT2D eigenvalue weighted by Crippen LogP contribution is 2.25. The van der Waals surface area contributed by atoms with E-state index in [0.29, 0.717) is 31.6 Å². The summed E-state index contributed by atoms with van der Waals surface area (Å²) in [6.07, 6.45) is 1.64. The summed E-state index contributed by atoms with van der Waals surface area (Å²) < 4.78 is 39.0. The molecule has 4 heterocycles. The minimum Gasteiger partial charge on any atom is -0.303 e. The third-order valence-corrected chi connectivity index (χ3v) is 5.85. The number of hydrogen-bond donors (Lipinski definition) is 0. The lowest BCUT2D eigenvalue weighted by atomic mass is 9.90. The molecule has 31 heavy (non-hydrogen) atoms. The summed E-state index contributed by atoms with van der Waals surface area (Å²) in [5.74, 6) is -0.0309. The van der Waals surface area contributed by atoms with Crippen LogP contribution >= 0.6 is 0 Å². The van der Waals surface area contributed by atoms with Crippen LogP contribution in [0, 0.1) is 5.92 Å². The van der Waals surface area contributed by atoms with E-state index in [-0.39, 0.29) is 24.7 Å². The third kappa shape index (κ3) is 5.28. The average Bonchev–Trinajstić information content (AvgIpc) is 3.17. The third-order valence-electron chi connectivity index (χ3n) is 5.85. The zero-order valence-electron chi connectivity index (χ0n) is 17.3. The van der Waals surface area contributed by atoms with Crippen molar-refractivity contribution in [2.24, 2.45) is 13.0 Å². The molecular weight excluding hydrogens is 407 g/mol. The van der Waals surface area contributed by atoms with Crippen LogP contribution in [0.1, 0.15) is 25.0 Å². The molecule has 1 aliphatic heterocycles. The Labute approximate surface area is 178 Å². The quantitative estimate of drug-likeness (QED) is 0.594. The van der Waals surface area contributed by atoms with Crippen molar-refractivity contribution in [1.82, 2.24) is 24.6 Å². The fourth-order valence-corrected chi connectivity index (χ4v) is 4.06. The van der Waals surface area contributed by atoms with Crippen molar-refractivity contribution in [2.75, 3.05) is 19.6 Å². The number of fused-ring (bicyclic) bond motifs is 1. The van der Waals surface area contributed by atoms with E-state index in [4.69, 9.17) is 0 Å². The second-order valence-corrected chi connectivity index (χ2v) is 8.06. The number of pyridine rings is 2. The first-order valence-electron chi connectivity index (χ1n) is 10.3. The molecule has 0 aliphatic carbocycles. The van der Waals surface area contributed by atoms with Crippen LogP contribution in [0.15, 0.2) is 36.8 Å². The Morgan fingerprint density at radius 3 is 2.61 bits per heavy atom. The molecule has 0 radical (unpaired) electrons. The van der Waals surface area contributed by atoms with Gasteiger partial charge in [0.15, 0.2) is 0 Å². The van der Waals surface area contributed by atoms with Crippen LogP contribution in [0.25, 0.3) is 22.2 Å². The normalized spacial score (nSPS) is 16.1. The van der Waals surface area contributed by atoms with Gasteiger partial charge < -0.3 is 4.90 Å². The van der Waals surface area contributed by atoms with Crippen molar-refractivity contribution in [3.63, 3.8) is 0 Å². The highest BCUT2D eigenvalue weighted by atomic mass is 19.4. The summed E-state index contributed by atoms with van der Waals surface area (Å²) in [4.78, 5) is 23.4. The van der Waals surface area contributed by atoms with Crippen LogP contribution in [0.2, 0.25) is 0 Å². The molecule has 3 aromatic heterocycles. The molecule has 0 spiro atoms. The molecule has 1 aliphatic rings. The molecule has 1 saturated heterocycles. The van der Waals surface area contributed by atoms with Crippen LogP contribution < -0.4 is 0 Å². The van der Waals surface area contributed by atoms with E-state index in [0.717, 1.165) is 22.2 Å². The molecule has 9 heteroatoms. The standard InChI is InChI=1S/C22H24F3N5O/c1-29-20(2-6-28-29)17-10-16-11-18(26-14-19(16)27-13-17)12-21(31)15-3-7-30(8-4-15)9-5-22(23,24)25/h2,6,10-11,13-15H,3-5,7-9,12H2,1H3. The number of halogens is 3. The van der Waals surface area contributed by atoms with E-state index >= 15 is 0 Å². The highest BCUT2D eigenvalue weighted by molar-refractivity contribution is 5.86. The summed E-state index contributed by atoms with van der Waals surface area (Å²) in [5.41, 5.74) is 3.31. The van der Waals surface area contributed by atoms with E-state index in [1.165, 1.54) is 0 Å². The number of nitrogens with zero attached hydrogens (tertiary/aromatic N) is 5. The molecule has 0 saturated carbocycles. The monoisotopic (exact) mass is 431 g/mol. The van der Waals surface area contributed by atoms with Crippen LogP contribution in [-0.2, 0) is 18.3 Å². The Morgan fingerprint density at radius 1 is 1.16 bits per heavy atom. The predicted octanol–water partition coefficient (Wildman–Crippen LogP) is 3.81. The molecule has 6 nitrogen and oxygen atoms in total. The lowest BCUT2D eigenvalue weighted by molar-refractivity contribution is -0.139. The van der Waals surface area contributed by atoms with Crippen molar-refractivity contribution in [1.29, 1.82) is 0 Å². The van der Waals surface area contributed by atoms with Gasteiger partial charge in [0.1, 0.15) is 5.78 Å². The number of carbonyl (C=O) groups excluding carboxylic acids is 1. The van der Waals surface area contributed by atoms with Crippen LogP contribution in [-0.4, -0.2) is 56.2 Å². The molecule has 164 valence electrons. The van der Waals surface area contributed by atoms with Gasteiger partial charge in [0.25, 0.3) is 0 Å². The maximum Gasteiger partial charge on any atom is 0.390 e. The van der Waals surface area contributed by atoms with Crippen molar-refractivity contribution in [3.05, 3.63) is 42.5 Å². The van der Waals surface area contributed by atoms with Crippen molar-refractivity contribution in [3.8, 4) is 11.3 Å². The zero-order chi connectivity index (χ0) is 22.0. The fraction of sp³-hybridized carbons (Fsp3) is 0.455. The topological polar surface area (TPSA) is 63.9 Å². The van der Waals surface area contributed by atoms with Gasteiger partial charge in [-0.15, -0.1) is 0 Å². The van der Waals surface area contributed by atoms with Crippen LogP contribution in [0.5, 0.6) is 0 Å². The van der Waals surface area contributed by atoms with E-state index < -0.39 is 12.6 Å². The predicted molar refractivity (Wildman–Crippen MR) is 110 cm³/mol. The average molecular weight is 431 g/mol. The van der Waals surface area contributed by atoms with Crippen molar-refractivity contribution >= 4 is 16.7 Å². The first kappa shape index (κ1) is 21.4. The molecule has 0 unspecified atom stereocenters. The summed E-state index contributed by atoms with van der Waals surface area (Å²) >= 11 is 0. The molecular formula is C22H24F3N5O. The number of hydrogen-bond acceptors (Lipinski definition) is 5. The van der Waals surface area contributed by atoms with Gasteiger partial charge in [0.2, 0.25) is 0 Å².